The zero-order chi connectivity index (χ0) is 62.7. The van der Waals surface area contributed by atoms with Gasteiger partial charge in [-0.25, -0.2) is 61.2 Å². The Labute approximate surface area is 504 Å². The minimum absolute atomic E-state index is 0.0170. The van der Waals surface area contributed by atoms with Crippen molar-refractivity contribution in [3.8, 4) is 33.8 Å². The number of pyridine rings is 3. The van der Waals surface area contributed by atoms with Crippen molar-refractivity contribution in [1.29, 1.82) is 0 Å². The quantitative estimate of drug-likeness (QED) is 0.0618. The molecule has 0 aliphatic carbocycles. The van der Waals surface area contributed by atoms with Gasteiger partial charge >= 0.3 is 0 Å². The fourth-order valence-corrected chi connectivity index (χ4v) is 10.1. The maximum absolute atomic E-state index is 13.2. The molecular formula is C63H53F6N15O5. The van der Waals surface area contributed by atoms with Crippen molar-refractivity contribution in [3.05, 3.63) is 232 Å². The zero-order valence-corrected chi connectivity index (χ0v) is 47.1. The van der Waals surface area contributed by atoms with Crippen molar-refractivity contribution in [3.63, 3.8) is 0 Å². The van der Waals surface area contributed by atoms with E-state index < -0.39 is 28.2 Å². The second-order valence-corrected chi connectivity index (χ2v) is 20.8. The fraction of sp³-hybridized carbons (Fsp3) is 0.206. The highest BCUT2D eigenvalue weighted by atomic mass is 19.1. The summed E-state index contributed by atoms with van der Waals surface area (Å²) < 4.78 is 78.5. The van der Waals surface area contributed by atoms with E-state index in [1.54, 1.807) is 64.4 Å². The molecule has 89 heavy (non-hydrogen) atoms. The van der Waals surface area contributed by atoms with E-state index in [-0.39, 0.29) is 84.9 Å². The molecule has 4 N–H and O–H groups in total. The molecule has 2 saturated heterocycles. The Hall–Kier alpha value is -10.9. The van der Waals surface area contributed by atoms with Crippen molar-refractivity contribution in [1.82, 2.24) is 59.6 Å². The molecule has 2 fully saturated rings. The Balaban J connectivity index is 0.000000147. The number of halogens is 6. The first-order chi connectivity index (χ1) is 42.9. The van der Waals surface area contributed by atoms with Gasteiger partial charge in [0.25, 0.3) is 5.69 Å². The van der Waals surface area contributed by atoms with Crippen LogP contribution in [0.2, 0.25) is 0 Å². The lowest BCUT2D eigenvalue weighted by atomic mass is 10.1. The van der Waals surface area contributed by atoms with Crippen LogP contribution < -0.4 is 11.5 Å². The van der Waals surface area contributed by atoms with Crippen LogP contribution in [-0.2, 0) is 33.6 Å². The lowest BCUT2D eigenvalue weighted by Crippen LogP contribution is -2.30. The topological polar surface area (TPSA) is 272 Å². The van der Waals surface area contributed by atoms with Crippen LogP contribution in [0, 0.1) is 45.0 Å². The number of nitrogens with two attached hydrogens (primary N) is 2. The van der Waals surface area contributed by atoms with Crippen LogP contribution in [0.25, 0.3) is 39.3 Å². The summed E-state index contributed by atoms with van der Waals surface area (Å²) in [6.07, 6.45) is 9.68. The Morgan fingerprint density at radius 3 is 1.24 bits per heavy atom. The third kappa shape index (κ3) is 15.6. The second kappa shape index (κ2) is 27.6. The van der Waals surface area contributed by atoms with Crippen LogP contribution in [0.4, 0.5) is 43.4 Å². The van der Waals surface area contributed by atoms with Crippen molar-refractivity contribution < 1.29 is 45.6 Å². The van der Waals surface area contributed by atoms with Gasteiger partial charge in [0.2, 0.25) is 17.7 Å². The summed E-state index contributed by atoms with van der Waals surface area (Å²) in [6, 6.07) is 27.2. The van der Waals surface area contributed by atoms with Crippen molar-refractivity contribution >= 4 is 40.4 Å². The predicted octanol–water partition coefficient (Wildman–Crippen LogP) is 9.11. The van der Waals surface area contributed by atoms with Crippen LogP contribution in [0.1, 0.15) is 59.2 Å². The smallest absolute Gasteiger partial charge is 0.291 e. The van der Waals surface area contributed by atoms with E-state index in [1.807, 2.05) is 0 Å². The van der Waals surface area contributed by atoms with E-state index in [2.05, 4.69) is 44.9 Å². The number of nitro groups is 1. The van der Waals surface area contributed by atoms with Crippen LogP contribution in [0.5, 0.6) is 0 Å². The van der Waals surface area contributed by atoms with Gasteiger partial charge in [0.15, 0.2) is 23.3 Å². The molecule has 9 aromatic rings. The predicted molar refractivity (Wildman–Crippen MR) is 314 cm³/mol. The van der Waals surface area contributed by atoms with Gasteiger partial charge in [0, 0.05) is 79.4 Å². The van der Waals surface area contributed by atoms with Crippen molar-refractivity contribution in [2.75, 3.05) is 50.7 Å². The number of likely N-dealkylation sites (tertiary alicyclic amines) is 2. The molecule has 20 nitrogen and oxygen atoms in total. The number of hydrogen-bond acceptors (Lipinski definition) is 16. The first-order valence-electron chi connectivity index (χ1n) is 27.8. The summed E-state index contributed by atoms with van der Waals surface area (Å²) in [5.74, 6) is -1.78. The minimum Gasteiger partial charge on any atom is -0.397 e. The van der Waals surface area contributed by atoms with Gasteiger partial charge in [-0.1, -0.05) is 6.08 Å². The molecule has 0 radical (unpaired) electrons. The molecule has 3 aromatic carbocycles. The fourth-order valence-electron chi connectivity index (χ4n) is 10.1. The Morgan fingerprint density at radius 2 is 0.831 bits per heavy atom. The molecule has 0 bridgehead atoms. The molecule has 9 heterocycles. The maximum Gasteiger partial charge on any atom is 0.291 e. The minimum atomic E-state index is -0.593. The SMILES string of the molecule is Nc1ccc(-c2ccc(F)cc2)nc1CC(=O)N1CCC(c2ncc(F)cn2)C1.Nc1ccc(-c2ccc(F)cc2)nc1CC(=O)N1CCC(c2ncc(F)cn2)C1.O=C(Cc1nc(-c2ccc(F)cc2)ccc1[N+](=O)[O-])N1CC=C(c2ncc(F)cn2)C1. The first kappa shape index (κ1) is 61.2. The summed E-state index contributed by atoms with van der Waals surface area (Å²) in [7, 11) is 0. The summed E-state index contributed by atoms with van der Waals surface area (Å²) in [4.78, 5) is 91.3. The standard InChI is InChI=1S/C21H15F2N5O3.2C21H19F2N5O/c22-15-3-1-13(2-4-15)17-5-6-19(28(30)31)18(26-17)9-20(29)27-8-7-14(12-27)21-24-10-16(23)11-25-21;2*22-15-3-1-13(2-4-15)18-6-5-17(24)19(27-18)9-20(29)28-8-7-14(12-28)21-25-10-16(23)11-26-21/h1-7,10-11H,8-9,12H2;2*1-6,10-11,14H,7-9,12,24H2. The largest absolute Gasteiger partial charge is 0.397 e. The van der Waals surface area contributed by atoms with Gasteiger partial charge in [-0.15, -0.1) is 0 Å². The van der Waals surface area contributed by atoms with Crippen LogP contribution in [0.3, 0.4) is 0 Å². The lowest BCUT2D eigenvalue weighted by molar-refractivity contribution is -0.385. The molecule has 12 rings (SSSR count). The highest BCUT2D eigenvalue weighted by molar-refractivity contribution is 5.84. The van der Waals surface area contributed by atoms with Crippen LogP contribution >= 0.6 is 0 Å². The average Bonchev–Trinajstić information content (AvgIpc) is 3.46. The molecule has 2 unspecified atom stereocenters. The normalized spacial score (nSPS) is 15.2. The van der Waals surface area contributed by atoms with Gasteiger partial charge in [0.1, 0.15) is 34.8 Å². The summed E-state index contributed by atoms with van der Waals surface area (Å²) in [6.45, 7) is 2.57. The summed E-state index contributed by atoms with van der Waals surface area (Å²) in [5.41, 5.74) is 18.0. The van der Waals surface area contributed by atoms with Crippen molar-refractivity contribution in [2.24, 2.45) is 0 Å². The molecule has 2 atom stereocenters. The monoisotopic (exact) mass is 1210 g/mol. The zero-order valence-electron chi connectivity index (χ0n) is 47.1. The first-order valence-corrected chi connectivity index (χ1v) is 27.8. The molecule has 3 aliphatic heterocycles. The third-order valence-corrected chi connectivity index (χ3v) is 14.8. The van der Waals surface area contributed by atoms with E-state index in [9.17, 15) is 50.8 Å². The summed E-state index contributed by atoms with van der Waals surface area (Å²) in [5, 5.41) is 11.4. The van der Waals surface area contributed by atoms with E-state index in [0.717, 1.165) is 61.1 Å². The lowest BCUT2D eigenvalue weighted by Gasteiger charge is -2.17. The Bertz CT molecular complexity index is 3890. The van der Waals surface area contributed by atoms with E-state index in [0.29, 0.717) is 94.6 Å². The number of nitrogen functional groups attached to an aromatic ring is 2. The van der Waals surface area contributed by atoms with Gasteiger partial charge in [-0.3, -0.25) is 34.5 Å². The number of rotatable bonds is 13. The molecule has 0 saturated carbocycles. The molecular weight excluding hydrogens is 1160 g/mol. The maximum atomic E-state index is 13.2. The Kier molecular flexibility index (Phi) is 19.0. The summed E-state index contributed by atoms with van der Waals surface area (Å²) >= 11 is 0. The van der Waals surface area contributed by atoms with Gasteiger partial charge in [0.05, 0.1) is 101 Å². The number of nitrogens with zero attached hydrogens (tertiary/aromatic N) is 13. The number of aromatic nitrogens is 9. The van der Waals surface area contributed by atoms with E-state index in [4.69, 9.17) is 11.5 Å². The number of anilines is 2. The highest BCUT2D eigenvalue weighted by Gasteiger charge is 2.32. The molecule has 26 heteroatoms. The molecule has 452 valence electrons. The number of amides is 3. The van der Waals surface area contributed by atoms with Crippen molar-refractivity contribution in [2.45, 2.75) is 43.9 Å². The van der Waals surface area contributed by atoms with Gasteiger partial charge in [-0.2, -0.15) is 0 Å². The molecule has 6 aromatic heterocycles. The number of benzene rings is 3. The number of hydrogen-bond donors (Lipinski definition) is 2. The van der Waals surface area contributed by atoms with E-state index in [1.165, 1.54) is 65.6 Å². The Morgan fingerprint density at radius 1 is 0.472 bits per heavy atom. The third-order valence-electron chi connectivity index (χ3n) is 14.8. The molecule has 3 amide bonds. The second-order valence-electron chi connectivity index (χ2n) is 20.8. The van der Waals surface area contributed by atoms with Gasteiger partial charge < -0.3 is 26.2 Å². The van der Waals surface area contributed by atoms with Gasteiger partial charge in [-0.05, 0) is 116 Å². The van der Waals surface area contributed by atoms with Crippen LogP contribution in [-0.4, -0.2) is 121 Å². The number of carbonyl (C=O) groups is 3. The number of carbonyl (C=O) groups excluding carboxylic acids is 3. The average molecular weight is 1210 g/mol. The van der Waals surface area contributed by atoms with E-state index >= 15 is 0 Å². The van der Waals surface area contributed by atoms with Crippen LogP contribution in [0.15, 0.2) is 152 Å². The molecule has 0 spiro atoms. The highest BCUT2D eigenvalue weighted by Crippen LogP contribution is 2.30. The molecule has 3 aliphatic rings.